The van der Waals surface area contributed by atoms with Crippen molar-refractivity contribution in [2.75, 3.05) is 7.11 Å². The minimum absolute atomic E-state index is 0.0959. The highest BCUT2D eigenvalue weighted by molar-refractivity contribution is 6.31. The van der Waals surface area contributed by atoms with Crippen LogP contribution in [0.3, 0.4) is 0 Å². The Morgan fingerprint density at radius 1 is 1.00 bits per heavy atom. The van der Waals surface area contributed by atoms with Crippen LogP contribution in [-0.4, -0.2) is 13.2 Å². The maximum Gasteiger partial charge on any atom is 0.166 e. The molecule has 0 radical (unpaired) electrons. The van der Waals surface area contributed by atoms with Crippen LogP contribution in [0.5, 0.6) is 11.5 Å². The van der Waals surface area contributed by atoms with Crippen LogP contribution in [-0.2, 0) is 13.1 Å². The maximum absolute atomic E-state index is 6.17. The van der Waals surface area contributed by atoms with Crippen molar-refractivity contribution in [1.82, 2.24) is 5.32 Å². The lowest BCUT2D eigenvalue weighted by Crippen LogP contribution is -2.15. The van der Waals surface area contributed by atoms with E-state index in [9.17, 15) is 0 Å². The lowest BCUT2D eigenvalue weighted by molar-refractivity contribution is 0.227. The van der Waals surface area contributed by atoms with Gasteiger partial charge in [0.1, 0.15) is 0 Å². The molecule has 0 aromatic heterocycles. The molecule has 0 saturated heterocycles. The Morgan fingerprint density at radius 2 is 1.68 bits per heavy atom. The highest BCUT2D eigenvalue weighted by Crippen LogP contribution is 2.32. The zero-order valence-electron chi connectivity index (χ0n) is 13.2. The molecule has 0 aliphatic carbocycles. The van der Waals surface area contributed by atoms with Gasteiger partial charge in [-0.25, -0.2) is 0 Å². The van der Waals surface area contributed by atoms with Gasteiger partial charge < -0.3 is 14.8 Å². The van der Waals surface area contributed by atoms with Crippen LogP contribution >= 0.6 is 11.6 Å². The Kier molecular flexibility index (Phi) is 6.10. The standard InChI is InChI=1S/C18H22ClNO2/c1-13(2)22-18-15(8-6-10-17(18)21-3)12-20-11-14-7-4-5-9-16(14)19/h4-10,13,20H,11-12H2,1-3H3. The minimum Gasteiger partial charge on any atom is -0.493 e. The lowest BCUT2D eigenvalue weighted by Gasteiger charge is -2.17. The first-order valence-corrected chi connectivity index (χ1v) is 7.76. The SMILES string of the molecule is COc1cccc(CNCc2ccccc2Cl)c1OC(C)C. The van der Waals surface area contributed by atoms with Crippen LogP contribution in [0.25, 0.3) is 0 Å². The average Bonchev–Trinajstić information content (AvgIpc) is 2.50. The molecule has 0 atom stereocenters. The van der Waals surface area contributed by atoms with Gasteiger partial charge in [-0.2, -0.15) is 0 Å². The molecule has 22 heavy (non-hydrogen) atoms. The summed E-state index contributed by atoms with van der Waals surface area (Å²) in [5.74, 6) is 1.55. The third-order valence-corrected chi connectivity index (χ3v) is 3.59. The van der Waals surface area contributed by atoms with Crippen molar-refractivity contribution >= 4 is 11.6 Å². The van der Waals surface area contributed by atoms with E-state index in [4.69, 9.17) is 21.1 Å². The number of rotatable bonds is 7. The van der Waals surface area contributed by atoms with Crippen LogP contribution in [0.15, 0.2) is 42.5 Å². The highest BCUT2D eigenvalue weighted by atomic mass is 35.5. The third-order valence-electron chi connectivity index (χ3n) is 3.22. The van der Waals surface area contributed by atoms with Crippen molar-refractivity contribution < 1.29 is 9.47 Å². The quantitative estimate of drug-likeness (QED) is 0.819. The van der Waals surface area contributed by atoms with Gasteiger partial charge in [-0.1, -0.05) is 41.9 Å². The van der Waals surface area contributed by atoms with Gasteiger partial charge in [0.25, 0.3) is 0 Å². The summed E-state index contributed by atoms with van der Waals surface area (Å²) in [6.07, 6.45) is 0.0959. The van der Waals surface area contributed by atoms with Gasteiger partial charge >= 0.3 is 0 Å². The number of hydrogen-bond acceptors (Lipinski definition) is 3. The van der Waals surface area contributed by atoms with E-state index in [0.29, 0.717) is 13.1 Å². The Morgan fingerprint density at radius 3 is 2.36 bits per heavy atom. The molecular weight excluding hydrogens is 298 g/mol. The molecule has 0 fully saturated rings. The molecule has 2 aromatic rings. The van der Waals surface area contributed by atoms with Gasteiger partial charge in [-0.3, -0.25) is 0 Å². The van der Waals surface area contributed by atoms with Crippen molar-refractivity contribution in [3.63, 3.8) is 0 Å². The van der Waals surface area contributed by atoms with E-state index in [1.807, 2.05) is 56.3 Å². The molecule has 2 rings (SSSR count). The number of ether oxygens (including phenoxy) is 2. The van der Waals surface area contributed by atoms with Gasteiger partial charge in [0.2, 0.25) is 0 Å². The van der Waals surface area contributed by atoms with Crippen LogP contribution in [0.4, 0.5) is 0 Å². The highest BCUT2D eigenvalue weighted by Gasteiger charge is 2.12. The largest absolute Gasteiger partial charge is 0.493 e. The molecule has 0 heterocycles. The molecule has 0 aliphatic heterocycles. The first-order valence-electron chi connectivity index (χ1n) is 7.38. The molecule has 0 saturated carbocycles. The number of methoxy groups -OCH3 is 1. The number of nitrogens with one attached hydrogen (secondary N) is 1. The molecular formula is C18H22ClNO2. The summed E-state index contributed by atoms with van der Waals surface area (Å²) in [4.78, 5) is 0. The minimum atomic E-state index is 0.0959. The van der Waals surface area contributed by atoms with Crippen LogP contribution in [0, 0.1) is 0 Å². The molecule has 0 spiro atoms. The number of benzene rings is 2. The molecule has 0 unspecified atom stereocenters. The molecule has 0 bridgehead atoms. The molecule has 4 heteroatoms. The summed E-state index contributed by atoms with van der Waals surface area (Å²) in [6.45, 7) is 5.41. The smallest absolute Gasteiger partial charge is 0.166 e. The fraction of sp³-hybridized carbons (Fsp3) is 0.333. The van der Waals surface area contributed by atoms with E-state index in [2.05, 4.69) is 5.32 Å². The van der Waals surface area contributed by atoms with Crippen molar-refractivity contribution in [2.24, 2.45) is 0 Å². The van der Waals surface area contributed by atoms with E-state index in [1.54, 1.807) is 7.11 Å². The van der Waals surface area contributed by atoms with E-state index in [0.717, 1.165) is 27.6 Å². The molecule has 0 aliphatic rings. The zero-order valence-corrected chi connectivity index (χ0v) is 14.0. The van der Waals surface area contributed by atoms with Crippen LogP contribution in [0.2, 0.25) is 5.02 Å². The summed E-state index contributed by atoms with van der Waals surface area (Å²) in [5.41, 5.74) is 2.15. The van der Waals surface area contributed by atoms with Gasteiger partial charge in [0.15, 0.2) is 11.5 Å². The maximum atomic E-state index is 6.17. The molecule has 3 nitrogen and oxygen atoms in total. The Hall–Kier alpha value is -1.71. The summed E-state index contributed by atoms with van der Waals surface area (Å²) in [5, 5.41) is 4.18. The van der Waals surface area contributed by atoms with Gasteiger partial charge in [-0.15, -0.1) is 0 Å². The molecule has 1 N–H and O–H groups in total. The van der Waals surface area contributed by atoms with Crippen molar-refractivity contribution in [3.8, 4) is 11.5 Å². The summed E-state index contributed by atoms with van der Waals surface area (Å²) < 4.78 is 11.3. The summed E-state index contributed by atoms with van der Waals surface area (Å²) in [7, 11) is 1.66. The predicted molar refractivity (Wildman–Crippen MR) is 90.8 cm³/mol. The fourth-order valence-corrected chi connectivity index (χ4v) is 2.41. The van der Waals surface area contributed by atoms with E-state index < -0.39 is 0 Å². The molecule has 2 aromatic carbocycles. The van der Waals surface area contributed by atoms with Gasteiger partial charge in [-0.05, 0) is 31.5 Å². The first-order chi connectivity index (χ1) is 10.6. The number of para-hydroxylation sites is 1. The van der Waals surface area contributed by atoms with Crippen molar-refractivity contribution in [3.05, 3.63) is 58.6 Å². The normalized spacial score (nSPS) is 10.8. The number of hydrogen-bond donors (Lipinski definition) is 1. The topological polar surface area (TPSA) is 30.5 Å². The average molecular weight is 320 g/mol. The van der Waals surface area contributed by atoms with Gasteiger partial charge in [0.05, 0.1) is 13.2 Å². The summed E-state index contributed by atoms with van der Waals surface area (Å²) in [6, 6.07) is 13.8. The Labute approximate surface area is 137 Å². The van der Waals surface area contributed by atoms with E-state index in [1.165, 1.54) is 0 Å². The van der Waals surface area contributed by atoms with Crippen molar-refractivity contribution in [2.45, 2.75) is 33.0 Å². The van der Waals surface area contributed by atoms with Crippen LogP contribution < -0.4 is 14.8 Å². The second-order valence-corrected chi connectivity index (χ2v) is 5.72. The Balaban J connectivity index is 2.07. The van der Waals surface area contributed by atoms with E-state index in [-0.39, 0.29) is 6.10 Å². The van der Waals surface area contributed by atoms with Gasteiger partial charge in [0, 0.05) is 23.7 Å². The van der Waals surface area contributed by atoms with E-state index >= 15 is 0 Å². The fourth-order valence-electron chi connectivity index (χ4n) is 2.20. The molecule has 0 amide bonds. The van der Waals surface area contributed by atoms with Crippen molar-refractivity contribution in [1.29, 1.82) is 0 Å². The zero-order chi connectivity index (χ0) is 15.9. The number of halogens is 1. The molecule has 118 valence electrons. The Bertz CT molecular complexity index is 614. The van der Waals surface area contributed by atoms with Crippen LogP contribution in [0.1, 0.15) is 25.0 Å². The summed E-state index contributed by atoms with van der Waals surface area (Å²) >= 11 is 6.17. The predicted octanol–water partition coefficient (Wildman–Crippen LogP) is 4.43. The first kappa shape index (κ1) is 16.7. The second-order valence-electron chi connectivity index (χ2n) is 5.31. The lowest BCUT2D eigenvalue weighted by atomic mass is 10.1. The second kappa shape index (κ2) is 8.06. The third kappa shape index (κ3) is 4.39. The monoisotopic (exact) mass is 319 g/mol.